The average Bonchev–Trinajstić information content (AvgIpc) is 2.87. The molecule has 154 valence electrons. The Morgan fingerprint density at radius 2 is 2.00 bits per heavy atom. The highest BCUT2D eigenvalue weighted by atomic mass is 16.5. The van der Waals surface area contributed by atoms with Crippen LogP contribution in [0.3, 0.4) is 0 Å². The molecule has 0 bridgehead atoms. The molecule has 0 radical (unpaired) electrons. The monoisotopic (exact) mass is 398 g/mol. The SMILES string of the molecule is CNC(=O)c1cnc(Oc2ccc3c(c2)CCN(C(=O)O)CC3C(C)(C)C)cn1. The number of hydrogen-bond acceptors (Lipinski definition) is 5. The zero-order chi connectivity index (χ0) is 21.2. The number of rotatable bonds is 3. The van der Waals surface area contributed by atoms with Gasteiger partial charge in [0.25, 0.3) is 5.91 Å². The molecule has 8 nitrogen and oxygen atoms in total. The Hall–Kier alpha value is -3.16. The van der Waals surface area contributed by atoms with E-state index in [1.54, 1.807) is 0 Å². The Morgan fingerprint density at radius 1 is 1.24 bits per heavy atom. The third-order valence-corrected chi connectivity index (χ3v) is 5.17. The van der Waals surface area contributed by atoms with Crippen LogP contribution in [0.1, 0.15) is 48.3 Å². The Morgan fingerprint density at radius 3 is 2.59 bits per heavy atom. The zero-order valence-electron chi connectivity index (χ0n) is 17.1. The Bertz CT molecular complexity index is 906. The van der Waals surface area contributed by atoms with Crippen LogP contribution in [0.25, 0.3) is 0 Å². The lowest BCUT2D eigenvalue weighted by molar-refractivity contribution is 0.0957. The van der Waals surface area contributed by atoms with E-state index in [1.165, 1.54) is 24.3 Å². The van der Waals surface area contributed by atoms with Crippen molar-refractivity contribution in [3.8, 4) is 11.6 Å². The molecule has 0 fully saturated rings. The molecule has 1 aliphatic heterocycles. The number of fused-ring (bicyclic) bond motifs is 1. The van der Waals surface area contributed by atoms with Crippen molar-refractivity contribution >= 4 is 12.0 Å². The van der Waals surface area contributed by atoms with Crippen LogP contribution >= 0.6 is 0 Å². The third kappa shape index (κ3) is 4.64. The van der Waals surface area contributed by atoms with Crippen molar-refractivity contribution in [3.05, 3.63) is 47.4 Å². The van der Waals surface area contributed by atoms with Crippen molar-refractivity contribution in [1.82, 2.24) is 20.2 Å². The highest BCUT2D eigenvalue weighted by molar-refractivity contribution is 5.91. The molecule has 0 saturated carbocycles. The fourth-order valence-corrected chi connectivity index (χ4v) is 3.52. The first-order valence-corrected chi connectivity index (χ1v) is 9.51. The smallest absolute Gasteiger partial charge is 0.407 e. The van der Waals surface area contributed by atoms with E-state index in [9.17, 15) is 14.7 Å². The molecule has 1 aliphatic rings. The number of carboxylic acid groups (broad SMARTS) is 1. The molecular weight excluding hydrogens is 372 g/mol. The third-order valence-electron chi connectivity index (χ3n) is 5.17. The number of benzene rings is 1. The first kappa shape index (κ1) is 20.6. The molecule has 2 heterocycles. The van der Waals surface area contributed by atoms with Crippen LogP contribution in [-0.4, -0.2) is 52.1 Å². The van der Waals surface area contributed by atoms with Crippen LogP contribution in [-0.2, 0) is 6.42 Å². The summed E-state index contributed by atoms with van der Waals surface area (Å²) < 4.78 is 5.81. The number of ether oxygens (including phenoxy) is 1. The number of carbonyl (C=O) groups excluding carboxylic acids is 1. The average molecular weight is 398 g/mol. The van der Waals surface area contributed by atoms with Gasteiger partial charge < -0.3 is 20.1 Å². The number of amides is 2. The van der Waals surface area contributed by atoms with Gasteiger partial charge >= 0.3 is 6.09 Å². The van der Waals surface area contributed by atoms with Gasteiger partial charge in [0.05, 0.1) is 12.4 Å². The van der Waals surface area contributed by atoms with Crippen LogP contribution in [0.15, 0.2) is 30.6 Å². The van der Waals surface area contributed by atoms with E-state index >= 15 is 0 Å². The minimum absolute atomic E-state index is 0.0804. The van der Waals surface area contributed by atoms with Crippen LogP contribution in [0.5, 0.6) is 11.6 Å². The van der Waals surface area contributed by atoms with Crippen molar-refractivity contribution in [3.63, 3.8) is 0 Å². The molecule has 2 N–H and O–H groups in total. The molecule has 29 heavy (non-hydrogen) atoms. The molecule has 8 heteroatoms. The predicted molar refractivity (Wildman–Crippen MR) is 107 cm³/mol. The van der Waals surface area contributed by atoms with E-state index in [4.69, 9.17) is 4.74 Å². The zero-order valence-corrected chi connectivity index (χ0v) is 17.1. The molecule has 1 atom stereocenters. The number of carbonyl (C=O) groups is 2. The number of nitrogens with one attached hydrogen (secondary N) is 1. The van der Waals surface area contributed by atoms with Crippen molar-refractivity contribution < 1.29 is 19.4 Å². The summed E-state index contributed by atoms with van der Waals surface area (Å²) in [6.07, 6.45) is 2.49. The first-order chi connectivity index (χ1) is 13.7. The Labute approximate surface area is 169 Å². The minimum Gasteiger partial charge on any atom is -0.465 e. The molecule has 1 aromatic carbocycles. The summed E-state index contributed by atoms with van der Waals surface area (Å²) in [5.41, 5.74) is 2.34. The van der Waals surface area contributed by atoms with Gasteiger partial charge in [0, 0.05) is 26.1 Å². The van der Waals surface area contributed by atoms with Crippen LogP contribution in [0.4, 0.5) is 4.79 Å². The minimum atomic E-state index is -0.894. The van der Waals surface area contributed by atoms with Gasteiger partial charge in [0.2, 0.25) is 5.88 Å². The molecule has 0 aliphatic carbocycles. The fraction of sp³-hybridized carbons (Fsp3) is 0.429. The Balaban J connectivity index is 1.86. The second-order valence-corrected chi connectivity index (χ2v) is 8.18. The molecule has 0 spiro atoms. The van der Waals surface area contributed by atoms with E-state index in [1.807, 2.05) is 18.2 Å². The summed E-state index contributed by atoms with van der Waals surface area (Å²) in [6.45, 7) is 7.29. The summed E-state index contributed by atoms with van der Waals surface area (Å²) in [7, 11) is 1.53. The maximum atomic E-state index is 11.6. The quantitative estimate of drug-likeness (QED) is 0.822. The molecule has 2 amide bonds. The highest BCUT2D eigenvalue weighted by Crippen LogP contribution is 2.40. The lowest BCUT2D eigenvalue weighted by Gasteiger charge is -2.33. The lowest BCUT2D eigenvalue weighted by atomic mass is 9.75. The van der Waals surface area contributed by atoms with Gasteiger partial charge in [-0.25, -0.2) is 14.8 Å². The second-order valence-electron chi connectivity index (χ2n) is 8.18. The normalized spacial score (nSPS) is 16.6. The van der Waals surface area contributed by atoms with Crippen molar-refractivity contribution in [1.29, 1.82) is 0 Å². The second kappa shape index (κ2) is 8.06. The number of aromatic nitrogens is 2. The van der Waals surface area contributed by atoms with Crippen LogP contribution in [0, 0.1) is 5.41 Å². The van der Waals surface area contributed by atoms with Crippen LogP contribution in [0.2, 0.25) is 0 Å². The highest BCUT2D eigenvalue weighted by Gasteiger charge is 2.33. The maximum Gasteiger partial charge on any atom is 0.407 e. The molecule has 1 unspecified atom stereocenters. The van der Waals surface area contributed by atoms with Crippen molar-refractivity contribution in [2.24, 2.45) is 5.41 Å². The Kier molecular flexibility index (Phi) is 5.72. The first-order valence-electron chi connectivity index (χ1n) is 9.51. The summed E-state index contributed by atoms with van der Waals surface area (Å²) in [5, 5.41) is 12.0. The van der Waals surface area contributed by atoms with E-state index in [2.05, 4.69) is 36.1 Å². The van der Waals surface area contributed by atoms with Crippen molar-refractivity contribution in [2.75, 3.05) is 20.1 Å². The summed E-state index contributed by atoms with van der Waals surface area (Å²) in [5.74, 6) is 0.648. The molecule has 2 aromatic rings. The summed E-state index contributed by atoms with van der Waals surface area (Å²) in [4.78, 5) is 32.8. The molecule has 0 saturated heterocycles. The number of hydrogen-bond donors (Lipinski definition) is 2. The summed E-state index contributed by atoms with van der Waals surface area (Å²) >= 11 is 0. The molecular formula is C21H26N4O4. The maximum absolute atomic E-state index is 11.6. The van der Waals surface area contributed by atoms with E-state index in [0.717, 1.165) is 11.1 Å². The number of nitrogens with zero attached hydrogens (tertiary/aromatic N) is 3. The van der Waals surface area contributed by atoms with Gasteiger partial charge in [0.15, 0.2) is 0 Å². The molecule has 1 aromatic heterocycles. The van der Waals surface area contributed by atoms with E-state index < -0.39 is 6.09 Å². The topological polar surface area (TPSA) is 105 Å². The van der Waals surface area contributed by atoms with Gasteiger partial charge in [-0.15, -0.1) is 0 Å². The largest absolute Gasteiger partial charge is 0.465 e. The van der Waals surface area contributed by atoms with Gasteiger partial charge in [0.1, 0.15) is 11.4 Å². The predicted octanol–water partition coefficient (Wildman–Crippen LogP) is 3.29. The van der Waals surface area contributed by atoms with Crippen molar-refractivity contribution in [2.45, 2.75) is 33.1 Å². The van der Waals surface area contributed by atoms with Crippen LogP contribution < -0.4 is 10.1 Å². The van der Waals surface area contributed by atoms with E-state index in [-0.39, 0.29) is 28.8 Å². The standard InChI is InChI=1S/C21H26N4O4/c1-21(2,3)16-12-25(20(27)28)8-7-13-9-14(5-6-15(13)16)29-18-11-23-17(10-24-18)19(26)22-4/h5-6,9-11,16H,7-8,12H2,1-4H3,(H,22,26)(H,27,28). The van der Waals surface area contributed by atoms with E-state index in [0.29, 0.717) is 25.3 Å². The van der Waals surface area contributed by atoms with Gasteiger partial charge in [-0.2, -0.15) is 0 Å². The summed E-state index contributed by atoms with van der Waals surface area (Å²) in [6, 6.07) is 5.81. The van der Waals surface area contributed by atoms with Gasteiger partial charge in [-0.3, -0.25) is 4.79 Å². The lowest BCUT2D eigenvalue weighted by Crippen LogP contribution is -2.36. The molecule has 3 rings (SSSR count). The van der Waals surface area contributed by atoms with Gasteiger partial charge in [-0.1, -0.05) is 26.8 Å². The van der Waals surface area contributed by atoms with Gasteiger partial charge in [-0.05, 0) is 35.1 Å². The fourth-order valence-electron chi connectivity index (χ4n) is 3.52.